The fraction of sp³-hybridized carbons (Fsp3) is 0.667. The third-order valence-electron chi connectivity index (χ3n) is 6.22. The van der Waals surface area contributed by atoms with E-state index in [0.717, 1.165) is 25.7 Å². The first-order valence-corrected chi connectivity index (χ1v) is 11.6. The van der Waals surface area contributed by atoms with Gasteiger partial charge < -0.3 is 15.0 Å². The first-order valence-electron chi connectivity index (χ1n) is 11.6. The van der Waals surface area contributed by atoms with Crippen molar-refractivity contribution in [1.82, 2.24) is 9.88 Å². The van der Waals surface area contributed by atoms with Gasteiger partial charge >= 0.3 is 17.9 Å². The van der Waals surface area contributed by atoms with Crippen LogP contribution in [0.4, 0.5) is 16.3 Å². The van der Waals surface area contributed by atoms with Gasteiger partial charge in [0.15, 0.2) is 0 Å². The average Bonchev–Trinajstić information content (AvgIpc) is 3.22. The number of rotatable bonds is 3. The first kappa shape index (κ1) is 24.0. The van der Waals surface area contributed by atoms with Gasteiger partial charge in [-0.25, -0.2) is 9.78 Å². The highest BCUT2D eigenvalue weighted by molar-refractivity contribution is 6.39. The fourth-order valence-corrected chi connectivity index (χ4v) is 4.73. The molecule has 1 saturated carbocycles. The summed E-state index contributed by atoms with van der Waals surface area (Å²) >= 11 is 0. The highest BCUT2D eigenvalue weighted by atomic mass is 16.6. The maximum atomic E-state index is 13.1. The zero-order valence-electron chi connectivity index (χ0n) is 19.9. The van der Waals surface area contributed by atoms with Gasteiger partial charge in [-0.2, -0.15) is 0 Å². The summed E-state index contributed by atoms with van der Waals surface area (Å²) in [5, 5.41) is 5.29. The Balaban J connectivity index is 1.64. The molecule has 2 N–H and O–H groups in total. The smallest absolute Gasteiger partial charge is 0.413 e. The Labute approximate surface area is 190 Å². The van der Waals surface area contributed by atoms with Crippen LogP contribution in [0.5, 0.6) is 0 Å². The number of anilines is 2. The van der Waals surface area contributed by atoms with Gasteiger partial charge in [0.1, 0.15) is 11.4 Å². The lowest BCUT2D eigenvalue weighted by atomic mass is 9.85. The number of amides is 3. The van der Waals surface area contributed by atoms with Crippen molar-refractivity contribution in [2.24, 2.45) is 11.8 Å². The van der Waals surface area contributed by atoms with E-state index in [0.29, 0.717) is 35.4 Å². The van der Waals surface area contributed by atoms with E-state index in [1.807, 2.05) is 0 Å². The number of nitrogens with one attached hydrogen (secondary N) is 2. The fourth-order valence-electron chi connectivity index (χ4n) is 4.73. The molecule has 0 aromatic carbocycles. The lowest BCUT2D eigenvalue weighted by Crippen LogP contribution is -2.52. The Morgan fingerprint density at radius 2 is 1.78 bits per heavy atom. The summed E-state index contributed by atoms with van der Waals surface area (Å²) in [5.41, 5.74) is 0.448. The maximum absolute atomic E-state index is 13.1. The highest BCUT2D eigenvalue weighted by Crippen LogP contribution is 2.36. The molecular formula is C24H36N4O4. The van der Waals surface area contributed by atoms with Crippen molar-refractivity contribution >= 4 is 29.4 Å². The minimum atomic E-state index is -0.642. The van der Waals surface area contributed by atoms with E-state index in [1.54, 1.807) is 38.7 Å². The summed E-state index contributed by atoms with van der Waals surface area (Å²) in [4.78, 5) is 43.9. The number of carbonyl (C=O) groups excluding carboxylic acids is 3. The molecule has 1 aromatic rings. The second-order valence-corrected chi connectivity index (χ2v) is 10.2. The summed E-state index contributed by atoms with van der Waals surface area (Å²) in [6.07, 6.45) is 7.59. The van der Waals surface area contributed by atoms with Gasteiger partial charge in [-0.3, -0.25) is 14.9 Å². The van der Waals surface area contributed by atoms with Crippen molar-refractivity contribution in [1.29, 1.82) is 0 Å². The third-order valence-corrected chi connectivity index (χ3v) is 6.22. The van der Waals surface area contributed by atoms with Crippen molar-refractivity contribution in [3.05, 3.63) is 17.8 Å². The molecule has 1 aromatic heterocycles. The van der Waals surface area contributed by atoms with E-state index in [1.165, 1.54) is 19.0 Å². The number of likely N-dealkylation sites (tertiary alicyclic amines) is 1. The van der Waals surface area contributed by atoms with Crippen LogP contribution in [0, 0.1) is 18.8 Å². The van der Waals surface area contributed by atoms with Crippen molar-refractivity contribution in [2.75, 3.05) is 17.2 Å². The number of hydrogen-bond donors (Lipinski definition) is 2. The van der Waals surface area contributed by atoms with Gasteiger partial charge in [0.25, 0.3) is 0 Å². The summed E-state index contributed by atoms with van der Waals surface area (Å²) in [6.45, 7) is 9.87. The molecule has 8 heteroatoms. The molecule has 0 unspecified atom stereocenters. The van der Waals surface area contributed by atoms with Crippen LogP contribution in [0.3, 0.4) is 0 Å². The highest BCUT2D eigenvalue weighted by Gasteiger charge is 2.38. The molecule has 1 aliphatic carbocycles. The van der Waals surface area contributed by atoms with Crippen LogP contribution in [0.25, 0.3) is 0 Å². The molecule has 3 amide bonds. The zero-order valence-corrected chi connectivity index (χ0v) is 19.9. The number of aryl methyl sites for hydroxylation is 1. The molecule has 176 valence electrons. The van der Waals surface area contributed by atoms with E-state index < -0.39 is 23.5 Å². The molecule has 0 radical (unpaired) electrons. The minimum Gasteiger partial charge on any atom is -0.444 e. The van der Waals surface area contributed by atoms with Gasteiger partial charge in [-0.1, -0.05) is 19.8 Å². The van der Waals surface area contributed by atoms with Gasteiger partial charge in [0.2, 0.25) is 0 Å². The van der Waals surface area contributed by atoms with E-state index in [-0.39, 0.29) is 6.04 Å². The molecule has 2 atom stereocenters. The molecule has 8 nitrogen and oxygen atoms in total. The van der Waals surface area contributed by atoms with Gasteiger partial charge in [-0.15, -0.1) is 0 Å². The molecule has 3 rings (SSSR count). The third kappa shape index (κ3) is 6.20. The topological polar surface area (TPSA) is 101 Å². The molecular weight excluding hydrogens is 408 g/mol. The lowest BCUT2D eigenvalue weighted by molar-refractivity contribution is -0.147. The van der Waals surface area contributed by atoms with Crippen molar-refractivity contribution < 1.29 is 19.1 Å². The average molecular weight is 445 g/mol. The normalized spacial score (nSPS) is 21.8. The van der Waals surface area contributed by atoms with E-state index in [9.17, 15) is 14.4 Å². The number of carbonyl (C=O) groups is 3. The quantitative estimate of drug-likeness (QED) is 0.669. The predicted octanol–water partition coefficient (Wildman–Crippen LogP) is 4.49. The number of pyridine rings is 1. The molecule has 0 spiro atoms. The molecule has 1 aliphatic heterocycles. The summed E-state index contributed by atoms with van der Waals surface area (Å²) in [6, 6.07) is 1.84. The van der Waals surface area contributed by atoms with Crippen molar-refractivity contribution in [3.63, 3.8) is 0 Å². The Morgan fingerprint density at radius 3 is 2.41 bits per heavy atom. The van der Waals surface area contributed by atoms with Crippen LogP contribution in [0.15, 0.2) is 12.3 Å². The van der Waals surface area contributed by atoms with Crippen LogP contribution < -0.4 is 10.6 Å². The lowest BCUT2D eigenvalue weighted by Gasteiger charge is -2.41. The second-order valence-electron chi connectivity index (χ2n) is 10.2. The molecule has 2 heterocycles. The second kappa shape index (κ2) is 9.88. The molecule has 2 aliphatic rings. The van der Waals surface area contributed by atoms with Crippen LogP contribution in [0.1, 0.15) is 71.8 Å². The minimum absolute atomic E-state index is 0.159. The first-order chi connectivity index (χ1) is 15.0. The summed E-state index contributed by atoms with van der Waals surface area (Å²) in [5.74, 6) is 0.126. The number of aromatic nitrogens is 1. The molecule has 1 saturated heterocycles. The Morgan fingerprint density at radius 1 is 1.09 bits per heavy atom. The monoisotopic (exact) mass is 444 g/mol. The van der Waals surface area contributed by atoms with Crippen LogP contribution in [-0.4, -0.2) is 46.0 Å². The number of nitrogens with zero attached hydrogens (tertiary/aromatic N) is 2. The van der Waals surface area contributed by atoms with Crippen LogP contribution in [-0.2, 0) is 14.3 Å². The Hall–Kier alpha value is -2.64. The van der Waals surface area contributed by atoms with Crippen molar-refractivity contribution in [3.8, 4) is 0 Å². The SMILES string of the molecule is Cc1cc(NC(=O)C(=O)N2C[C@H](C)CC[C@H]2C2CCCC2)cnc1NC(=O)OC(C)(C)C. The largest absolute Gasteiger partial charge is 0.444 e. The molecule has 32 heavy (non-hydrogen) atoms. The van der Waals surface area contributed by atoms with Gasteiger partial charge in [0.05, 0.1) is 11.9 Å². The van der Waals surface area contributed by atoms with E-state index >= 15 is 0 Å². The molecule has 2 fully saturated rings. The van der Waals surface area contributed by atoms with Gasteiger partial charge in [0, 0.05) is 12.6 Å². The maximum Gasteiger partial charge on any atom is 0.413 e. The number of piperidine rings is 1. The predicted molar refractivity (Wildman–Crippen MR) is 123 cm³/mol. The standard InChI is InChI=1S/C24H36N4O4/c1-15-10-11-19(17-8-6-7-9-17)28(14-15)22(30)21(29)26-18-12-16(2)20(25-13-18)27-23(31)32-24(3,4)5/h12-13,15,17,19H,6-11,14H2,1-5H3,(H,26,29)(H,25,27,31)/t15-,19+/m1/s1. The van der Waals surface area contributed by atoms with Crippen LogP contribution in [0.2, 0.25) is 0 Å². The number of ether oxygens (including phenoxy) is 1. The summed E-state index contributed by atoms with van der Waals surface area (Å²) < 4.78 is 5.24. The summed E-state index contributed by atoms with van der Waals surface area (Å²) in [7, 11) is 0. The van der Waals surface area contributed by atoms with E-state index in [4.69, 9.17) is 4.74 Å². The Bertz CT molecular complexity index is 858. The zero-order chi connectivity index (χ0) is 23.5. The van der Waals surface area contributed by atoms with Crippen LogP contribution >= 0.6 is 0 Å². The number of hydrogen-bond acceptors (Lipinski definition) is 5. The van der Waals surface area contributed by atoms with E-state index in [2.05, 4.69) is 22.5 Å². The van der Waals surface area contributed by atoms with Crippen molar-refractivity contribution in [2.45, 2.75) is 84.8 Å². The molecule has 0 bridgehead atoms. The van der Waals surface area contributed by atoms with Gasteiger partial charge in [-0.05, 0) is 76.8 Å². The Kier molecular flexibility index (Phi) is 7.41.